The van der Waals surface area contributed by atoms with E-state index in [9.17, 15) is 15.0 Å². The van der Waals surface area contributed by atoms with Gasteiger partial charge < -0.3 is 19.9 Å². The van der Waals surface area contributed by atoms with Crippen molar-refractivity contribution in [1.82, 2.24) is 9.97 Å². The Morgan fingerprint density at radius 3 is 2.56 bits per heavy atom. The van der Waals surface area contributed by atoms with Crippen LogP contribution in [0.1, 0.15) is 45.6 Å². The van der Waals surface area contributed by atoms with Crippen LogP contribution in [0.25, 0.3) is 22.3 Å². The molecule has 1 aromatic carbocycles. The zero-order valence-corrected chi connectivity index (χ0v) is 20.3. The number of benzene rings is 1. The second-order valence-electron chi connectivity index (χ2n) is 8.91. The highest BCUT2D eigenvalue weighted by atomic mass is 35.5. The Kier molecular flexibility index (Phi) is 6.82. The molecule has 1 fully saturated rings. The van der Waals surface area contributed by atoms with Crippen molar-refractivity contribution in [3.05, 3.63) is 70.5 Å². The van der Waals surface area contributed by atoms with Crippen molar-refractivity contribution < 1.29 is 19.7 Å². The third-order valence-electron chi connectivity index (χ3n) is 6.66. The van der Waals surface area contributed by atoms with Gasteiger partial charge in [0.05, 0.1) is 28.4 Å². The van der Waals surface area contributed by atoms with Crippen molar-refractivity contribution in [1.29, 1.82) is 0 Å². The van der Waals surface area contributed by atoms with E-state index < -0.39 is 5.97 Å². The van der Waals surface area contributed by atoms with Crippen LogP contribution in [-0.2, 0) is 10.2 Å². The lowest BCUT2D eigenvalue weighted by Gasteiger charge is -2.13. The van der Waals surface area contributed by atoms with Gasteiger partial charge in [0.2, 0.25) is 0 Å². The minimum atomic E-state index is -0.954. The molecule has 7 heteroatoms. The number of aliphatic hydroxyl groups excluding tert-OH is 1. The Labute approximate surface area is 203 Å². The Morgan fingerprint density at radius 1 is 1.29 bits per heavy atom. The molecule has 2 aromatic heterocycles. The highest BCUT2D eigenvalue weighted by Crippen LogP contribution is 2.48. The predicted molar refractivity (Wildman–Crippen MR) is 134 cm³/mol. The number of aliphatic hydroxyl groups is 1. The third kappa shape index (κ3) is 4.74. The summed E-state index contributed by atoms with van der Waals surface area (Å²) >= 11 is 6.55. The predicted octanol–water partition coefficient (Wildman–Crippen LogP) is 6.25. The lowest BCUT2D eigenvalue weighted by Crippen LogP contribution is -2.11. The van der Waals surface area contributed by atoms with E-state index in [4.69, 9.17) is 21.3 Å². The van der Waals surface area contributed by atoms with Crippen LogP contribution < -0.4 is 4.74 Å². The number of ether oxygens (including phenoxy) is 1. The van der Waals surface area contributed by atoms with Crippen molar-refractivity contribution in [3.63, 3.8) is 0 Å². The number of carbonyl (C=O) groups is 1. The van der Waals surface area contributed by atoms with Gasteiger partial charge in [0.15, 0.2) is 5.88 Å². The largest absolute Gasteiger partial charge is 0.478 e. The maximum Gasteiger partial charge on any atom is 0.331 e. The van der Waals surface area contributed by atoms with Crippen LogP contribution in [0.5, 0.6) is 5.88 Å². The van der Waals surface area contributed by atoms with E-state index in [0.717, 1.165) is 29.5 Å². The number of H-pyrrole nitrogens is 1. The van der Waals surface area contributed by atoms with Crippen LogP contribution in [0.4, 0.5) is 0 Å². The number of hydrogen-bond donors (Lipinski definition) is 3. The summed E-state index contributed by atoms with van der Waals surface area (Å²) in [5.41, 5.74) is 4.32. The van der Waals surface area contributed by atoms with Gasteiger partial charge in [-0.2, -0.15) is 0 Å². The molecule has 0 aliphatic heterocycles. The number of carboxylic acids is 1. The number of allylic oxidation sites excluding steroid dienone is 2. The van der Waals surface area contributed by atoms with Crippen LogP contribution in [0, 0.1) is 5.92 Å². The summed E-state index contributed by atoms with van der Waals surface area (Å²) in [5.74, 6) is -0.169. The van der Waals surface area contributed by atoms with Gasteiger partial charge in [-0.3, -0.25) is 0 Å². The summed E-state index contributed by atoms with van der Waals surface area (Å²) in [6, 6.07) is 11.6. The number of nitrogens with zero attached hydrogens (tertiary/aromatic N) is 1. The molecule has 6 nitrogen and oxygen atoms in total. The highest BCUT2D eigenvalue weighted by Gasteiger charge is 2.43. The molecule has 0 spiro atoms. The standard InChI is InChI=1S/C27H29ClN2O4/c1-4-16(3)20(26(32)33)12-19(5-2)34-24-14-23-22(29-24)13-21(28)25(30-23)17-6-8-18(9-7-17)27(15-31)10-11-27/h5-9,12-14,16,29,31H,4,10-11,15H2,1-3H3,(H,32,33)/b19-5+,20-12+. The second kappa shape index (κ2) is 9.65. The number of aromatic nitrogens is 2. The van der Waals surface area contributed by atoms with E-state index >= 15 is 0 Å². The molecule has 1 atom stereocenters. The van der Waals surface area contributed by atoms with Crippen LogP contribution >= 0.6 is 11.6 Å². The highest BCUT2D eigenvalue weighted by molar-refractivity contribution is 6.33. The molecule has 3 N–H and O–H groups in total. The fourth-order valence-corrected chi connectivity index (χ4v) is 4.28. The average molecular weight is 481 g/mol. The van der Waals surface area contributed by atoms with E-state index in [0.29, 0.717) is 39.9 Å². The molecule has 1 unspecified atom stereocenters. The monoisotopic (exact) mass is 480 g/mol. The summed E-state index contributed by atoms with van der Waals surface area (Å²) in [5, 5.41) is 19.7. The SMILES string of the molecule is C/C=C(\C=C(\C(=O)O)C(C)CC)Oc1cc2nc(-c3ccc(C4(CO)CC4)cc3)c(Cl)cc2[nH]1. The molecular formula is C27H29ClN2O4. The van der Waals surface area contributed by atoms with Crippen LogP contribution in [0.3, 0.4) is 0 Å². The Bertz CT molecular complexity index is 1270. The van der Waals surface area contributed by atoms with Crippen molar-refractivity contribution in [2.24, 2.45) is 5.92 Å². The molecule has 0 saturated heterocycles. The smallest absolute Gasteiger partial charge is 0.331 e. The Hall–Kier alpha value is -3.09. The molecule has 2 heterocycles. The van der Waals surface area contributed by atoms with Crippen molar-refractivity contribution >= 4 is 28.6 Å². The Morgan fingerprint density at radius 2 is 2.00 bits per heavy atom. The fraction of sp³-hybridized carbons (Fsp3) is 0.333. The van der Waals surface area contributed by atoms with Crippen LogP contribution in [-0.4, -0.2) is 32.8 Å². The minimum absolute atomic E-state index is 0.0824. The first kappa shape index (κ1) is 24.0. The van der Waals surface area contributed by atoms with Gasteiger partial charge in [-0.05, 0) is 55.9 Å². The zero-order chi connectivity index (χ0) is 24.5. The third-order valence-corrected chi connectivity index (χ3v) is 6.95. The van der Waals surface area contributed by atoms with Crippen LogP contribution in [0.15, 0.2) is 59.9 Å². The number of halogens is 1. The quantitative estimate of drug-likeness (QED) is 0.191. The first-order chi connectivity index (χ1) is 16.3. The first-order valence-corrected chi connectivity index (χ1v) is 11.9. The van der Waals surface area contributed by atoms with E-state index in [-0.39, 0.29) is 17.9 Å². The molecule has 178 valence electrons. The number of nitrogens with one attached hydrogen (secondary N) is 1. The van der Waals surface area contributed by atoms with E-state index in [1.54, 1.807) is 25.1 Å². The number of rotatable bonds is 9. The zero-order valence-electron chi connectivity index (χ0n) is 19.6. The molecule has 0 bridgehead atoms. The number of pyridine rings is 1. The maximum absolute atomic E-state index is 11.7. The number of aliphatic carboxylic acids is 1. The molecule has 0 amide bonds. The number of aromatic amines is 1. The van der Waals surface area contributed by atoms with E-state index in [1.807, 2.05) is 44.2 Å². The van der Waals surface area contributed by atoms with Crippen molar-refractivity contribution in [2.75, 3.05) is 6.61 Å². The summed E-state index contributed by atoms with van der Waals surface area (Å²) in [6.07, 6.45) is 6.02. The van der Waals surface area contributed by atoms with Gasteiger partial charge in [-0.15, -0.1) is 0 Å². The topological polar surface area (TPSA) is 95.4 Å². The summed E-state index contributed by atoms with van der Waals surface area (Å²) < 4.78 is 5.94. The van der Waals surface area contributed by atoms with E-state index in [1.165, 1.54) is 0 Å². The molecule has 34 heavy (non-hydrogen) atoms. The number of fused-ring (bicyclic) bond motifs is 1. The van der Waals surface area contributed by atoms with E-state index in [2.05, 4.69) is 4.98 Å². The van der Waals surface area contributed by atoms with Gasteiger partial charge >= 0.3 is 5.97 Å². The first-order valence-electron chi connectivity index (χ1n) is 11.5. The van der Waals surface area contributed by atoms with Gasteiger partial charge in [0.1, 0.15) is 5.76 Å². The van der Waals surface area contributed by atoms with Gasteiger partial charge in [-0.25, -0.2) is 9.78 Å². The molecule has 3 aromatic rings. The lowest BCUT2D eigenvalue weighted by atomic mass is 9.95. The second-order valence-corrected chi connectivity index (χ2v) is 9.32. The number of hydrogen-bond acceptors (Lipinski definition) is 4. The minimum Gasteiger partial charge on any atom is -0.478 e. The summed E-state index contributed by atoms with van der Waals surface area (Å²) in [4.78, 5) is 19.5. The summed E-state index contributed by atoms with van der Waals surface area (Å²) in [7, 11) is 0. The number of carboxylic acid groups (broad SMARTS) is 1. The molecule has 1 aliphatic carbocycles. The fourth-order valence-electron chi connectivity index (χ4n) is 4.02. The molecule has 1 aliphatic rings. The average Bonchev–Trinajstić information content (AvgIpc) is 3.54. The Balaban J connectivity index is 1.61. The van der Waals surface area contributed by atoms with Crippen molar-refractivity contribution in [3.8, 4) is 17.1 Å². The molecule has 0 radical (unpaired) electrons. The van der Waals surface area contributed by atoms with Gasteiger partial charge in [-0.1, -0.05) is 49.7 Å². The summed E-state index contributed by atoms with van der Waals surface area (Å²) in [6.45, 7) is 5.79. The molecule has 1 saturated carbocycles. The molecular weight excluding hydrogens is 452 g/mol. The lowest BCUT2D eigenvalue weighted by molar-refractivity contribution is -0.133. The van der Waals surface area contributed by atoms with Gasteiger partial charge in [0, 0.05) is 22.6 Å². The normalized spacial score (nSPS) is 16.5. The maximum atomic E-state index is 11.7. The van der Waals surface area contributed by atoms with Crippen LogP contribution in [0.2, 0.25) is 5.02 Å². The molecule has 4 rings (SSSR count). The van der Waals surface area contributed by atoms with Crippen molar-refractivity contribution in [2.45, 2.75) is 45.4 Å². The van der Waals surface area contributed by atoms with Gasteiger partial charge in [0.25, 0.3) is 0 Å².